The van der Waals surface area contributed by atoms with Crippen LogP contribution in [0.25, 0.3) is 0 Å². The van der Waals surface area contributed by atoms with Gasteiger partial charge >= 0.3 is 0 Å². The summed E-state index contributed by atoms with van der Waals surface area (Å²) in [6, 6.07) is 7.98. The van der Waals surface area contributed by atoms with Crippen LogP contribution in [0.2, 0.25) is 0 Å². The molecule has 0 saturated heterocycles. The average molecular weight is 171 g/mol. The van der Waals surface area contributed by atoms with E-state index in [1.54, 1.807) is 0 Å². The molecule has 0 saturated carbocycles. The van der Waals surface area contributed by atoms with Crippen LogP contribution < -0.4 is 3.71 Å². The number of benzene rings is 1. The van der Waals surface area contributed by atoms with Gasteiger partial charge in [-0.15, -0.1) is 0 Å². The first kappa shape index (κ1) is 7.82. The molecule has 0 atom stereocenters. The predicted octanol–water partition coefficient (Wildman–Crippen LogP) is 2.49. The van der Waals surface area contributed by atoms with E-state index in [2.05, 4.69) is 25.6 Å². The fourth-order valence-corrected chi connectivity index (χ4v) is 0.945. The molecular formula is C7H9NS2. The maximum Gasteiger partial charge on any atom is 0.0588 e. The van der Waals surface area contributed by atoms with Gasteiger partial charge in [-0.3, -0.25) is 3.71 Å². The summed E-state index contributed by atoms with van der Waals surface area (Å²) >= 11 is 8.04. The van der Waals surface area contributed by atoms with Gasteiger partial charge in [-0.05, 0) is 19.1 Å². The van der Waals surface area contributed by atoms with Gasteiger partial charge in [0.2, 0.25) is 0 Å². The van der Waals surface area contributed by atoms with Gasteiger partial charge in [-0.2, -0.15) is 0 Å². The van der Waals surface area contributed by atoms with E-state index < -0.39 is 0 Å². The Kier molecular flexibility index (Phi) is 2.51. The zero-order valence-corrected chi connectivity index (χ0v) is 7.44. The smallest absolute Gasteiger partial charge is 0.0588 e. The van der Waals surface area contributed by atoms with E-state index in [4.69, 9.17) is 0 Å². The van der Waals surface area contributed by atoms with E-state index in [-0.39, 0.29) is 0 Å². The fourth-order valence-electron chi connectivity index (χ4n) is 0.678. The van der Waals surface area contributed by atoms with Crippen molar-refractivity contribution in [3.05, 3.63) is 29.8 Å². The van der Waals surface area contributed by atoms with Gasteiger partial charge < -0.3 is 0 Å². The molecule has 0 aliphatic heterocycles. The largest absolute Gasteiger partial charge is 0.265 e. The van der Waals surface area contributed by atoms with Crippen molar-refractivity contribution in [2.24, 2.45) is 0 Å². The van der Waals surface area contributed by atoms with E-state index in [9.17, 15) is 0 Å². The molecule has 0 bridgehead atoms. The lowest BCUT2D eigenvalue weighted by Gasteiger charge is -2.07. The Morgan fingerprint density at radius 3 is 2.00 bits per heavy atom. The lowest BCUT2D eigenvalue weighted by Crippen LogP contribution is -1.90. The highest BCUT2D eigenvalue weighted by molar-refractivity contribution is 8.00. The molecule has 3 heteroatoms. The summed E-state index contributed by atoms with van der Waals surface area (Å²) in [5.41, 5.74) is 2.23. The monoisotopic (exact) mass is 171 g/mol. The third-order valence-corrected chi connectivity index (χ3v) is 1.73. The normalized spacial score (nSPS) is 9.50. The van der Waals surface area contributed by atoms with Crippen LogP contribution in [-0.4, -0.2) is 0 Å². The van der Waals surface area contributed by atoms with E-state index in [0.717, 1.165) is 5.69 Å². The summed E-state index contributed by atoms with van der Waals surface area (Å²) < 4.78 is 1.49. The summed E-state index contributed by atoms with van der Waals surface area (Å²) in [5, 5.41) is 0. The molecule has 1 rings (SSSR count). The average Bonchev–Trinajstić information content (AvgIpc) is 1.88. The van der Waals surface area contributed by atoms with Gasteiger partial charge in [-0.1, -0.05) is 43.3 Å². The van der Waals surface area contributed by atoms with Crippen LogP contribution in [0.15, 0.2) is 24.3 Å². The Balaban J connectivity index is 2.89. The number of hydrogen-bond acceptors (Lipinski definition) is 3. The van der Waals surface area contributed by atoms with Gasteiger partial charge in [0.05, 0.1) is 5.69 Å². The van der Waals surface area contributed by atoms with Crippen molar-refractivity contribution in [1.29, 1.82) is 0 Å². The quantitative estimate of drug-likeness (QED) is 0.614. The molecule has 0 aliphatic rings. The van der Waals surface area contributed by atoms with Crippen LogP contribution in [0.4, 0.5) is 5.69 Å². The van der Waals surface area contributed by atoms with Crippen LogP contribution in [0, 0.1) is 6.92 Å². The Bertz CT molecular complexity index is 205. The van der Waals surface area contributed by atoms with Gasteiger partial charge in [0.1, 0.15) is 0 Å². The zero-order chi connectivity index (χ0) is 7.56. The first-order valence-electron chi connectivity index (χ1n) is 2.94. The van der Waals surface area contributed by atoms with Gasteiger partial charge in [0, 0.05) is 0 Å². The lowest BCUT2D eigenvalue weighted by atomic mass is 10.2. The summed E-state index contributed by atoms with van der Waals surface area (Å²) in [6.45, 7) is 2.05. The minimum atomic E-state index is 0.984. The van der Waals surface area contributed by atoms with E-state index in [1.165, 1.54) is 9.27 Å². The summed E-state index contributed by atoms with van der Waals surface area (Å²) in [4.78, 5) is 0. The Morgan fingerprint density at radius 2 is 1.60 bits per heavy atom. The maximum absolute atomic E-state index is 4.02. The number of anilines is 1. The Labute approximate surface area is 72.1 Å². The topological polar surface area (TPSA) is 3.24 Å². The van der Waals surface area contributed by atoms with Crippen molar-refractivity contribution in [3.8, 4) is 0 Å². The molecule has 1 aromatic carbocycles. The van der Waals surface area contributed by atoms with Gasteiger partial charge in [0.15, 0.2) is 0 Å². The molecule has 0 radical (unpaired) electrons. The molecule has 0 aliphatic carbocycles. The second-order valence-corrected chi connectivity index (χ2v) is 3.24. The molecule has 0 heterocycles. The second-order valence-electron chi connectivity index (χ2n) is 2.12. The first-order valence-corrected chi connectivity index (χ1v) is 3.74. The highest BCUT2D eigenvalue weighted by atomic mass is 32.2. The molecule has 54 valence electrons. The number of rotatable bonds is 1. The minimum absolute atomic E-state index is 0.984. The summed E-state index contributed by atoms with van der Waals surface area (Å²) in [5.74, 6) is 0. The fraction of sp³-hybridized carbons (Fsp3) is 0.143. The second kappa shape index (κ2) is 3.21. The summed E-state index contributed by atoms with van der Waals surface area (Å²) in [7, 11) is 0. The van der Waals surface area contributed by atoms with Crippen molar-refractivity contribution in [2.45, 2.75) is 6.92 Å². The van der Waals surface area contributed by atoms with E-state index in [1.807, 2.05) is 31.2 Å². The maximum atomic E-state index is 4.02. The molecule has 1 aromatic rings. The van der Waals surface area contributed by atoms with E-state index in [0.29, 0.717) is 0 Å². The number of aryl methyl sites for hydroxylation is 1. The lowest BCUT2D eigenvalue weighted by molar-refractivity contribution is 1.46. The van der Waals surface area contributed by atoms with Crippen LogP contribution in [0.1, 0.15) is 5.56 Å². The highest BCUT2D eigenvalue weighted by Crippen LogP contribution is 2.17. The molecule has 0 amide bonds. The van der Waals surface area contributed by atoms with E-state index >= 15 is 0 Å². The molecule has 10 heavy (non-hydrogen) atoms. The first-order chi connectivity index (χ1) is 4.70. The Morgan fingerprint density at radius 1 is 1.10 bits per heavy atom. The third-order valence-electron chi connectivity index (χ3n) is 1.26. The third kappa shape index (κ3) is 1.85. The minimum Gasteiger partial charge on any atom is -0.265 e. The molecule has 0 N–H and O–H groups in total. The molecule has 0 fully saturated rings. The number of thiol groups is 2. The Hall–Kier alpha value is -0.280. The number of hydrogen-bond donors (Lipinski definition) is 2. The van der Waals surface area contributed by atoms with Crippen LogP contribution in [-0.2, 0) is 0 Å². The highest BCUT2D eigenvalue weighted by Gasteiger charge is 1.92. The SMILES string of the molecule is Cc1ccc(N(S)S)cc1. The van der Waals surface area contributed by atoms with Crippen LogP contribution in [0.5, 0.6) is 0 Å². The standard InChI is InChI=1S/C7H9NS2/c1-6-2-4-7(5-3-6)8(9)10/h2-5,9-10H,1H3. The van der Waals surface area contributed by atoms with Crippen molar-refractivity contribution in [3.63, 3.8) is 0 Å². The van der Waals surface area contributed by atoms with Gasteiger partial charge in [-0.25, -0.2) is 0 Å². The zero-order valence-electron chi connectivity index (χ0n) is 5.65. The summed E-state index contributed by atoms with van der Waals surface area (Å²) in [6.07, 6.45) is 0. The molecule has 0 unspecified atom stereocenters. The predicted molar refractivity (Wildman–Crippen MR) is 51.6 cm³/mol. The number of nitrogens with zero attached hydrogens (tertiary/aromatic N) is 1. The molecule has 1 nitrogen and oxygen atoms in total. The van der Waals surface area contributed by atoms with Gasteiger partial charge in [0.25, 0.3) is 0 Å². The molecule has 0 aromatic heterocycles. The van der Waals surface area contributed by atoms with Crippen molar-refractivity contribution in [2.75, 3.05) is 3.71 Å². The van der Waals surface area contributed by atoms with Crippen LogP contribution in [0.3, 0.4) is 0 Å². The van der Waals surface area contributed by atoms with Crippen molar-refractivity contribution in [1.82, 2.24) is 0 Å². The van der Waals surface area contributed by atoms with Crippen molar-refractivity contribution < 1.29 is 0 Å². The molecular weight excluding hydrogens is 162 g/mol. The van der Waals surface area contributed by atoms with Crippen molar-refractivity contribution >= 4 is 31.3 Å². The molecule has 0 spiro atoms. The van der Waals surface area contributed by atoms with Crippen LogP contribution >= 0.6 is 25.6 Å².